The Kier molecular flexibility index (Phi) is 44.7. The Morgan fingerprint density at radius 3 is 0.831 bits per heavy atom. The van der Waals surface area contributed by atoms with Gasteiger partial charge in [0.05, 0.1) is 0 Å². The monoisotopic (exact) mass is 835 g/mol. The summed E-state index contributed by atoms with van der Waals surface area (Å²) in [6.45, 7) is 11.4. The summed E-state index contributed by atoms with van der Waals surface area (Å²) in [5.74, 6) is 0.792. The van der Waals surface area contributed by atoms with Gasteiger partial charge in [0.25, 0.3) is 0 Å². The van der Waals surface area contributed by atoms with Crippen LogP contribution < -0.4 is 0 Å². The molecule has 0 radical (unpaired) electrons. The number of rotatable bonds is 47. The molecule has 0 aliphatic carbocycles. The molecule has 0 saturated carbocycles. The van der Waals surface area contributed by atoms with Crippen molar-refractivity contribution >= 4 is 17.9 Å². The molecule has 0 aliphatic rings. The average molecular weight is 835 g/mol. The standard InChI is InChI=1S/C53H102O6/c1-6-7-8-9-10-11-12-15-19-22-28-33-38-43-51(54)57-46-50(47-58-52(55)44-39-34-29-25-24-27-32-37-42-49(4)5)59-53(56)45-40-35-30-23-20-17-14-13-16-18-21-26-31-36-41-48(2)3/h48-50H,6-47H2,1-5H3/t50-/m0/s1. The molecule has 0 aromatic carbocycles. The van der Waals surface area contributed by atoms with Crippen molar-refractivity contribution in [3.63, 3.8) is 0 Å². The van der Waals surface area contributed by atoms with Crippen molar-refractivity contribution in [3.05, 3.63) is 0 Å². The van der Waals surface area contributed by atoms with E-state index in [1.807, 2.05) is 0 Å². The zero-order valence-electron chi connectivity index (χ0n) is 40.4. The Labute approximate surface area is 368 Å². The van der Waals surface area contributed by atoms with Gasteiger partial charge < -0.3 is 14.2 Å². The summed E-state index contributed by atoms with van der Waals surface area (Å²) < 4.78 is 16.8. The molecule has 0 rings (SSSR count). The fourth-order valence-corrected chi connectivity index (χ4v) is 7.99. The molecule has 0 bridgehead atoms. The Morgan fingerprint density at radius 1 is 0.322 bits per heavy atom. The fourth-order valence-electron chi connectivity index (χ4n) is 7.99. The Morgan fingerprint density at radius 2 is 0.559 bits per heavy atom. The van der Waals surface area contributed by atoms with Crippen molar-refractivity contribution in [3.8, 4) is 0 Å². The maximum absolute atomic E-state index is 12.8. The molecule has 0 heterocycles. The van der Waals surface area contributed by atoms with Gasteiger partial charge >= 0.3 is 17.9 Å². The van der Waals surface area contributed by atoms with Crippen molar-refractivity contribution in [1.29, 1.82) is 0 Å². The van der Waals surface area contributed by atoms with Crippen LogP contribution in [0.25, 0.3) is 0 Å². The van der Waals surface area contributed by atoms with Crippen LogP contribution in [0.2, 0.25) is 0 Å². The molecule has 0 aliphatic heterocycles. The minimum Gasteiger partial charge on any atom is -0.462 e. The summed E-state index contributed by atoms with van der Waals surface area (Å²) in [4.78, 5) is 37.9. The van der Waals surface area contributed by atoms with Gasteiger partial charge in [0, 0.05) is 19.3 Å². The second kappa shape index (κ2) is 45.9. The third-order valence-corrected chi connectivity index (χ3v) is 12.0. The predicted octanol–water partition coefficient (Wildman–Crippen LogP) is 16.9. The van der Waals surface area contributed by atoms with E-state index >= 15 is 0 Å². The minimum absolute atomic E-state index is 0.0637. The number of unbranched alkanes of at least 4 members (excludes halogenated alkanes) is 32. The Balaban J connectivity index is 4.29. The number of hydrogen-bond donors (Lipinski definition) is 0. The van der Waals surface area contributed by atoms with E-state index in [1.165, 1.54) is 180 Å². The molecule has 0 aromatic rings. The highest BCUT2D eigenvalue weighted by Gasteiger charge is 2.19. The van der Waals surface area contributed by atoms with Gasteiger partial charge in [-0.15, -0.1) is 0 Å². The second-order valence-electron chi connectivity index (χ2n) is 19.1. The van der Waals surface area contributed by atoms with Crippen molar-refractivity contribution in [2.24, 2.45) is 11.8 Å². The minimum atomic E-state index is -0.761. The third-order valence-electron chi connectivity index (χ3n) is 12.0. The quantitative estimate of drug-likeness (QED) is 0.0345. The summed E-state index contributed by atoms with van der Waals surface area (Å²) in [6, 6.07) is 0. The molecule has 0 amide bonds. The number of hydrogen-bond acceptors (Lipinski definition) is 6. The van der Waals surface area contributed by atoms with Crippen molar-refractivity contribution in [2.45, 2.75) is 298 Å². The van der Waals surface area contributed by atoms with Gasteiger partial charge in [-0.05, 0) is 31.1 Å². The lowest BCUT2D eigenvalue weighted by atomic mass is 10.0. The van der Waals surface area contributed by atoms with Crippen LogP contribution in [0.15, 0.2) is 0 Å². The summed E-state index contributed by atoms with van der Waals surface area (Å²) in [6.07, 6.45) is 46.6. The third kappa shape index (κ3) is 47.3. The highest BCUT2D eigenvalue weighted by atomic mass is 16.6. The van der Waals surface area contributed by atoms with E-state index < -0.39 is 6.10 Å². The molecule has 0 aromatic heterocycles. The molecule has 1 atom stereocenters. The molecule has 59 heavy (non-hydrogen) atoms. The van der Waals surface area contributed by atoms with E-state index in [0.29, 0.717) is 19.3 Å². The van der Waals surface area contributed by atoms with Gasteiger partial charge in [0.1, 0.15) is 13.2 Å². The maximum Gasteiger partial charge on any atom is 0.306 e. The molecule has 6 heteroatoms. The van der Waals surface area contributed by atoms with Gasteiger partial charge in [-0.3, -0.25) is 14.4 Å². The lowest BCUT2D eigenvalue weighted by Crippen LogP contribution is -2.30. The molecule has 0 N–H and O–H groups in total. The molecule has 0 spiro atoms. The number of carbonyl (C=O) groups is 3. The summed E-state index contributed by atoms with van der Waals surface area (Å²) in [5.41, 5.74) is 0. The van der Waals surface area contributed by atoms with Gasteiger partial charge in [0.15, 0.2) is 6.10 Å². The van der Waals surface area contributed by atoms with Gasteiger partial charge in [-0.25, -0.2) is 0 Å². The van der Waals surface area contributed by atoms with Crippen LogP contribution >= 0.6 is 0 Å². The predicted molar refractivity (Wildman–Crippen MR) is 252 cm³/mol. The van der Waals surface area contributed by atoms with E-state index in [2.05, 4.69) is 34.6 Å². The molecule has 350 valence electrons. The van der Waals surface area contributed by atoms with Crippen LogP contribution in [0.3, 0.4) is 0 Å². The highest BCUT2D eigenvalue weighted by molar-refractivity contribution is 5.71. The van der Waals surface area contributed by atoms with Gasteiger partial charge in [-0.2, -0.15) is 0 Å². The van der Waals surface area contributed by atoms with Crippen LogP contribution in [0.4, 0.5) is 0 Å². The topological polar surface area (TPSA) is 78.9 Å². The summed E-state index contributed by atoms with van der Waals surface area (Å²) >= 11 is 0. The molecule has 6 nitrogen and oxygen atoms in total. The molecule has 0 saturated heterocycles. The van der Waals surface area contributed by atoms with Crippen molar-refractivity contribution < 1.29 is 28.6 Å². The summed E-state index contributed by atoms with van der Waals surface area (Å²) in [7, 11) is 0. The van der Waals surface area contributed by atoms with E-state index in [1.54, 1.807) is 0 Å². The number of ether oxygens (including phenoxy) is 3. The molecule has 0 fully saturated rings. The number of carbonyl (C=O) groups excluding carboxylic acids is 3. The largest absolute Gasteiger partial charge is 0.462 e. The van der Waals surface area contributed by atoms with E-state index in [9.17, 15) is 14.4 Å². The van der Waals surface area contributed by atoms with Gasteiger partial charge in [0.2, 0.25) is 0 Å². The number of esters is 3. The van der Waals surface area contributed by atoms with Crippen molar-refractivity contribution in [1.82, 2.24) is 0 Å². The van der Waals surface area contributed by atoms with E-state index in [-0.39, 0.29) is 31.1 Å². The smallest absolute Gasteiger partial charge is 0.306 e. The SMILES string of the molecule is CCCCCCCCCCCCCCCC(=O)OC[C@@H](COC(=O)CCCCCCCCCCC(C)C)OC(=O)CCCCCCCCCCCCCCCCC(C)C. The lowest BCUT2D eigenvalue weighted by molar-refractivity contribution is -0.167. The van der Waals surface area contributed by atoms with Crippen LogP contribution in [-0.4, -0.2) is 37.2 Å². The molecule has 0 unspecified atom stereocenters. The Hall–Kier alpha value is -1.59. The van der Waals surface area contributed by atoms with Crippen LogP contribution in [0, 0.1) is 11.8 Å². The molecular formula is C53H102O6. The van der Waals surface area contributed by atoms with Gasteiger partial charge in [-0.1, -0.05) is 253 Å². The highest BCUT2D eigenvalue weighted by Crippen LogP contribution is 2.17. The zero-order chi connectivity index (χ0) is 43.3. The maximum atomic E-state index is 12.8. The normalized spacial score (nSPS) is 12.1. The lowest BCUT2D eigenvalue weighted by Gasteiger charge is -2.18. The van der Waals surface area contributed by atoms with Crippen LogP contribution in [-0.2, 0) is 28.6 Å². The second-order valence-corrected chi connectivity index (χ2v) is 19.1. The fraction of sp³-hybridized carbons (Fsp3) is 0.943. The van der Waals surface area contributed by atoms with Crippen molar-refractivity contribution in [2.75, 3.05) is 13.2 Å². The first-order valence-corrected chi connectivity index (χ1v) is 26.2. The van der Waals surface area contributed by atoms with E-state index in [0.717, 1.165) is 69.6 Å². The summed E-state index contributed by atoms with van der Waals surface area (Å²) in [5, 5.41) is 0. The average Bonchev–Trinajstić information content (AvgIpc) is 3.20. The zero-order valence-corrected chi connectivity index (χ0v) is 40.4. The Bertz CT molecular complexity index is 900. The first kappa shape index (κ1) is 57.4. The van der Waals surface area contributed by atoms with Crippen LogP contribution in [0.5, 0.6) is 0 Å². The van der Waals surface area contributed by atoms with E-state index in [4.69, 9.17) is 14.2 Å². The first-order valence-electron chi connectivity index (χ1n) is 26.2. The van der Waals surface area contributed by atoms with Crippen LogP contribution in [0.1, 0.15) is 291 Å². The first-order chi connectivity index (χ1) is 28.7. The molecular weight excluding hydrogens is 733 g/mol.